The first kappa shape index (κ1) is 16.7. The highest BCUT2D eigenvalue weighted by Gasteiger charge is 2.48. The highest BCUT2D eigenvalue weighted by atomic mass is 19.1. The largest absolute Gasteiger partial charge is 0.467 e. The number of alkyl halides is 1. The number of methoxy groups -OCH3 is 1. The lowest BCUT2D eigenvalue weighted by molar-refractivity contribution is -0.153. The molecule has 1 N–H and O–H groups in total. The molecule has 24 heavy (non-hydrogen) atoms. The van der Waals surface area contributed by atoms with Gasteiger partial charge in [-0.05, 0) is 36.5 Å². The fourth-order valence-corrected chi connectivity index (χ4v) is 3.09. The fraction of sp³-hybridized carbons (Fsp3) is 0.529. The number of hydrogen-bond acceptors (Lipinski definition) is 3. The van der Waals surface area contributed by atoms with Gasteiger partial charge in [-0.2, -0.15) is 0 Å². The van der Waals surface area contributed by atoms with Gasteiger partial charge in [0.05, 0.1) is 19.7 Å². The molecule has 2 amide bonds. The van der Waals surface area contributed by atoms with Gasteiger partial charge < -0.3 is 15.0 Å². The smallest absolute Gasteiger partial charge is 0.345 e. The molecule has 130 valence electrons. The molecular formula is C17H20F2N2O3. The van der Waals surface area contributed by atoms with Crippen molar-refractivity contribution in [2.75, 3.05) is 20.2 Å². The normalized spacial score (nSPS) is 24.5. The van der Waals surface area contributed by atoms with Crippen LogP contribution in [0.5, 0.6) is 0 Å². The summed E-state index contributed by atoms with van der Waals surface area (Å²) in [5.41, 5.74) is -1.32. The molecule has 2 atom stereocenters. The van der Waals surface area contributed by atoms with E-state index in [0.717, 1.165) is 25.5 Å². The van der Waals surface area contributed by atoms with Gasteiger partial charge in [0.25, 0.3) is 0 Å². The topological polar surface area (TPSA) is 58.6 Å². The van der Waals surface area contributed by atoms with Crippen LogP contribution in [0.25, 0.3) is 0 Å². The molecule has 1 aliphatic heterocycles. The number of ether oxygens (including phenoxy) is 1. The number of amides is 2. The first-order valence-corrected chi connectivity index (χ1v) is 8.01. The predicted molar refractivity (Wildman–Crippen MR) is 82.4 cm³/mol. The fourth-order valence-electron chi connectivity index (χ4n) is 3.09. The molecule has 0 bridgehead atoms. The zero-order valence-corrected chi connectivity index (χ0v) is 13.4. The average Bonchev–Trinajstić information content (AvgIpc) is 3.34. The van der Waals surface area contributed by atoms with E-state index in [1.807, 2.05) is 0 Å². The van der Waals surface area contributed by atoms with Gasteiger partial charge in [0.1, 0.15) is 5.82 Å². The number of nitrogens with one attached hydrogen (secondary N) is 1. The third-order valence-corrected chi connectivity index (χ3v) is 4.66. The van der Waals surface area contributed by atoms with Crippen molar-refractivity contribution in [2.24, 2.45) is 5.92 Å². The Morgan fingerprint density at radius 3 is 2.58 bits per heavy atom. The summed E-state index contributed by atoms with van der Waals surface area (Å²) in [7, 11) is 1.13. The van der Waals surface area contributed by atoms with Crippen LogP contribution in [0.1, 0.15) is 30.9 Å². The third-order valence-electron chi connectivity index (χ3n) is 4.66. The van der Waals surface area contributed by atoms with E-state index in [4.69, 9.17) is 0 Å². The lowest BCUT2D eigenvalue weighted by atomic mass is 10.0. The molecule has 5 nitrogen and oxygen atoms in total. The van der Waals surface area contributed by atoms with Crippen molar-refractivity contribution in [3.05, 3.63) is 35.6 Å². The van der Waals surface area contributed by atoms with E-state index in [-0.39, 0.29) is 31.4 Å². The number of hydrogen-bond donors (Lipinski definition) is 1. The first-order valence-electron chi connectivity index (χ1n) is 8.01. The quantitative estimate of drug-likeness (QED) is 0.859. The van der Waals surface area contributed by atoms with E-state index >= 15 is 0 Å². The molecule has 0 spiro atoms. The van der Waals surface area contributed by atoms with E-state index in [1.54, 1.807) is 12.1 Å². The molecule has 0 unspecified atom stereocenters. The van der Waals surface area contributed by atoms with Gasteiger partial charge in [-0.1, -0.05) is 12.1 Å². The van der Waals surface area contributed by atoms with Gasteiger partial charge in [-0.25, -0.2) is 18.4 Å². The molecule has 7 heteroatoms. The SMILES string of the molecule is COC(=O)[C@]1(F)CCN(C(=O)N[C@@H](c2ccc(F)cc2)C2CC2)C1. The van der Waals surface area contributed by atoms with Crippen LogP contribution in [0.15, 0.2) is 24.3 Å². The Balaban J connectivity index is 1.67. The predicted octanol–water partition coefficient (Wildman–Crippen LogP) is 2.57. The van der Waals surface area contributed by atoms with E-state index in [9.17, 15) is 18.4 Å². The molecule has 2 fully saturated rings. The summed E-state index contributed by atoms with van der Waals surface area (Å²) >= 11 is 0. The first-order chi connectivity index (χ1) is 11.4. The third kappa shape index (κ3) is 3.34. The highest BCUT2D eigenvalue weighted by Crippen LogP contribution is 2.41. The minimum absolute atomic E-state index is 0.0717. The van der Waals surface area contributed by atoms with Crippen molar-refractivity contribution >= 4 is 12.0 Å². The Hall–Kier alpha value is -2.18. The minimum atomic E-state index is -2.14. The number of urea groups is 1. The van der Waals surface area contributed by atoms with Crippen LogP contribution in [-0.2, 0) is 9.53 Å². The number of halogens is 2. The molecule has 0 radical (unpaired) electrons. The van der Waals surface area contributed by atoms with Crippen molar-refractivity contribution in [3.63, 3.8) is 0 Å². The Morgan fingerprint density at radius 1 is 1.33 bits per heavy atom. The molecule has 1 heterocycles. The van der Waals surface area contributed by atoms with Crippen LogP contribution in [0.4, 0.5) is 13.6 Å². The second-order valence-corrected chi connectivity index (χ2v) is 6.44. The molecule has 3 rings (SSSR count). The molecule has 1 saturated heterocycles. The Morgan fingerprint density at radius 2 is 2.00 bits per heavy atom. The lowest BCUT2D eigenvalue weighted by Crippen LogP contribution is -2.44. The molecule has 2 aliphatic rings. The standard InChI is InChI=1S/C17H20F2N2O3/c1-24-15(22)17(19)8-9-21(10-17)16(23)20-14(11-2-3-11)12-4-6-13(18)7-5-12/h4-7,11,14H,2-3,8-10H2,1H3,(H,20,23)/t14-,17+/m1/s1. The van der Waals surface area contributed by atoms with Gasteiger partial charge in [-0.3, -0.25) is 0 Å². The van der Waals surface area contributed by atoms with Crippen LogP contribution in [0, 0.1) is 11.7 Å². The zero-order chi connectivity index (χ0) is 17.3. The van der Waals surface area contributed by atoms with Crippen LogP contribution < -0.4 is 5.32 Å². The summed E-state index contributed by atoms with van der Waals surface area (Å²) in [6, 6.07) is 5.37. The maximum atomic E-state index is 14.5. The van der Waals surface area contributed by atoms with Crippen LogP contribution in [0.3, 0.4) is 0 Å². The summed E-state index contributed by atoms with van der Waals surface area (Å²) in [5.74, 6) is -0.979. The molecular weight excluding hydrogens is 318 g/mol. The number of carbonyl (C=O) groups excluding carboxylic acids is 2. The maximum absolute atomic E-state index is 14.5. The van der Waals surface area contributed by atoms with Crippen LogP contribution >= 0.6 is 0 Å². The molecule has 1 aromatic rings. The van der Waals surface area contributed by atoms with Gasteiger partial charge in [0.2, 0.25) is 5.67 Å². The van der Waals surface area contributed by atoms with Gasteiger partial charge in [0, 0.05) is 13.0 Å². The Bertz CT molecular complexity index is 633. The zero-order valence-electron chi connectivity index (χ0n) is 13.4. The second-order valence-electron chi connectivity index (χ2n) is 6.44. The summed E-state index contributed by atoms with van der Waals surface area (Å²) in [4.78, 5) is 25.2. The second kappa shape index (κ2) is 6.37. The number of benzene rings is 1. The van der Waals surface area contributed by atoms with Gasteiger partial charge >= 0.3 is 12.0 Å². The molecule has 1 aliphatic carbocycles. The van der Waals surface area contributed by atoms with Crippen molar-refractivity contribution in [1.29, 1.82) is 0 Å². The molecule has 0 aromatic heterocycles. The summed E-state index contributed by atoms with van der Waals surface area (Å²) in [6.45, 7) is -0.162. The number of likely N-dealkylation sites (tertiary alicyclic amines) is 1. The monoisotopic (exact) mass is 338 g/mol. The number of nitrogens with zero attached hydrogens (tertiary/aromatic N) is 1. The van der Waals surface area contributed by atoms with E-state index in [1.165, 1.54) is 17.0 Å². The van der Waals surface area contributed by atoms with E-state index in [2.05, 4.69) is 10.1 Å². The van der Waals surface area contributed by atoms with Crippen LogP contribution in [-0.4, -0.2) is 42.8 Å². The Kier molecular flexibility index (Phi) is 4.43. The Labute approximate surface area is 139 Å². The van der Waals surface area contributed by atoms with Crippen molar-refractivity contribution in [3.8, 4) is 0 Å². The maximum Gasteiger partial charge on any atom is 0.345 e. The van der Waals surface area contributed by atoms with Gasteiger partial charge in [0.15, 0.2) is 0 Å². The number of rotatable bonds is 4. The van der Waals surface area contributed by atoms with E-state index in [0.29, 0.717) is 5.92 Å². The summed E-state index contributed by atoms with van der Waals surface area (Å²) < 4.78 is 32.0. The summed E-state index contributed by atoms with van der Waals surface area (Å²) in [5, 5.41) is 2.90. The lowest BCUT2D eigenvalue weighted by Gasteiger charge is -2.24. The van der Waals surface area contributed by atoms with Gasteiger partial charge in [-0.15, -0.1) is 0 Å². The van der Waals surface area contributed by atoms with Crippen molar-refractivity contribution < 1.29 is 23.1 Å². The number of carbonyl (C=O) groups is 2. The highest BCUT2D eigenvalue weighted by molar-refractivity contribution is 5.83. The summed E-state index contributed by atoms with van der Waals surface area (Å²) in [6.07, 6.45) is 1.90. The van der Waals surface area contributed by atoms with Crippen molar-refractivity contribution in [1.82, 2.24) is 10.2 Å². The van der Waals surface area contributed by atoms with E-state index < -0.39 is 17.7 Å². The molecule has 1 aromatic carbocycles. The molecule has 1 saturated carbocycles. The average molecular weight is 338 g/mol. The van der Waals surface area contributed by atoms with Crippen molar-refractivity contribution in [2.45, 2.75) is 31.0 Å². The van der Waals surface area contributed by atoms with Crippen LogP contribution in [0.2, 0.25) is 0 Å². The minimum Gasteiger partial charge on any atom is -0.467 e. The number of esters is 1.